The summed E-state index contributed by atoms with van der Waals surface area (Å²) in [4.78, 5) is 21.7. The fourth-order valence-electron chi connectivity index (χ4n) is 2.03. The van der Waals surface area contributed by atoms with E-state index in [4.69, 9.17) is 4.74 Å². The van der Waals surface area contributed by atoms with Crippen LogP contribution in [0.4, 0.5) is 0 Å². The SMILES string of the molecule is CCCCCCCCCCCCOC(=O)CC(C)=O.[Al]. The van der Waals surface area contributed by atoms with Gasteiger partial charge in [0.15, 0.2) is 0 Å². The predicted octanol–water partition coefficient (Wildman–Crippen LogP) is 4.05. The summed E-state index contributed by atoms with van der Waals surface area (Å²) in [6, 6.07) is 0. The van der Waals surface area contributed by atoms with Crippen molar-refractivity contribution in [2.45, 2.75) is 84.5 Å². The zero-order valence-corrected chi connectivity index (χ0v) is 14.4. The van der Waals surface area contributed by atoms with Crippen LogP contribution in [0.1, 0.15) is 84.5 Å². The Morgan fingerprint density at radius 3 is 1.70 bits per heavy atom. The number of ketones is 1. The molecule has 0 saturated heterocycles. The van der Waals surface area contributed by atoms with Crippen LogP contribution in [0.2, 0.25) is 0 Å². The third-order valence-corrected chi connectivity index (χ3v) is 3.15. The number of carbonyl (C=O) groups is 2. The maximum Gasteiger partial charge on any atom is 0.313 e. The largest absolute Gasteiger partial charge is 0.465 e. The molecular weight excluding hydrogens is 267 g/mol. The van der Waals surface area contributed by atoms with Gasteiger partial charge in [0, 0.05) is 17.4 Å². The van der Waals surface area contributed by atoms with Gasteiger partial charge >= 0.3 is 5.97 Å². The van der Waals surface area contributed by atoms with Crippen LogP contribution in [-0.4, -0.2) is 35.7 Å². The Hall–Kier alpha value is -0.328. The van der Waals surface area contributed by atoms with Gasteiger partial charge in [0.25, 0.3) is 0 Å². The summed E-state index contributed by atoms with van der Waals surface area (Å²) in [6.45, 7) is 4.10. The van der Waals surface area contributed by atoms with E-state index in [1.807, 2.05) is 0 Å². The van der Waals surface area contributed by atoms with Crippen LogP contribution in [0.3, 0.4) is 0 Å². The van der Waals surface area contributed by atoms with E-state index in [-0.39, 0.29) is 35.5 Å². The van der Waals surface area contributed by atoms with Crippen LogP contribution in [0.25, 0.3) is 0 Å². The molecule has 0 aliphatic carbocycles. The maximum atomic E-state index is 11.1. The first-order valence-corrected chi connectivity index (χ1v) is 7.82. The van der Waals surface area contributed by atoms with E-state index in [2.05, 4.69) is 6.92 Å². The quantitative estimate of drug-likeness (QED) is 0.223. The van der Waals surface area contributed by atoms with Crippen LogP contribution in [0, 0.1) is 0 Å². The topological polar surface area (TPSA) is 43.4 Å². The lowest BCUT2D eigenvalue weighted by Crippen LogP contribution is -2.09. The summed E-state index contributed by atoms with van der Waals surface area (Å²) in [5, 5.41) is 0. The number of Topliss-reactive ketones (excluding diaryl/α,β-unsaturated/α-hetero) is 1. The first kappa shape index (κ1) is 22.0. The van der Waals surface area contributed by atoms with E-state index >= 15 is 0 Å². The molecule has 0 rings (SSSR count). The standard InChI is InChI=1S/C16H30O3.Al/c1-3-4-5-6-7-8-9-10-11-12-13-19-16(18)14-15(2)17;/h3-14H2,1-2H3;. The second kappa shape index (κ2) is 16.7. The van der Waals surface area contributed by atoms with Crippen LogP contribution >= 0.6 is 0 Å². The highest BCUT2D eigenvalue weighted by Gasteiger charge is 2.05. The zero-order valence-electron chi connectivity index (χ0n) is 13.3. The van der Waals surface area contributed by atoms with E-state index in [1.165, 1.54) is 58.3 Å². The van der Waals surface area contributed by atoms with Gasteiger partial charge in [0.2, 0.25) is 0 Å². The fraction of sp³-hybridized carbons (Fsp3) is 0.875. The minimum Gasteiger partial charge on any atom is -0.465 e. The van der Waals surface area contributed by atoms with Gasteiger partial charge in [-0.15, -0.1) is 0 Å². The molecule has 4 heteroatoms. The summed E-state index contributed by atoms with van der Waals surface area (Å²) in [7, 11) is 0. The van der Waals surface area contributed by atoms with Gasteiger partial charge in [-0.3, -0.25) is 9.59 Å². The number of hydrogen-bond acceptors (Lipinski definition) is 3. The second-order valence-electron chi connectivity index (χ2n) is 5.28. The molecule has 0 bridgehead atoms. The molecule has 0 spiro atoms. The molecule has 0 saturated carbocycles. The van der Waals surface area contributed by atoms with Gasteiger partial charge in [0.05, 0.1) is 6.61 Å². The number of ether oxygens (including phenoxy) is 1. The molecular formula is C16H30AlO3. The monoisotopic (exact) mass is 297 g/mol. The smallest absolute Gasteiger partial charge is 0.313 e. The normalized spacial score (nSPS) is 9.90. The highest BCUT2D eigenvalue weighted by Crippen LogP contribution is 2.10. The molecule has 0 heterocycles. The molecule has 0 aliphatic rings. The van der Waals surface area contributed by atoms with Gasteiger partial charge in [0.1, 0.15) is 12.2 Å². The van der Waals surface area contributed by atoms with Gasteiger partial charge in [-0.05, 0) is 13.3 Å². The Morgan fingerprint density at radius 1 is 0.800 bits per heavy atom. The average Bonchev–Trinajstić information content (AvgIpc) is 2.35. The Kier molecular flexibility index (Phi) is 18.4. The van der Waals surface area contributed by atoms with E-state index in [0.717, 1.165) is 12.8 Å². The van der Waals surface area contributed by atoms with Crippen molar-refractivity contribution in [1.29, 1.82) is 0 Å². The number of carbonyl (C=O) groups excluding carboxylic acids is 2. The van der Waals surface area contributed by atoms with E-state index in [9.17, 15) is 9.59 Å². The highest BCUT2D eigenvalue weighted by atomic mass is 27.0. The van der Waals surface area contributed by atoms with Crippen molar-refractivity contribution in [1.82, 2.24) is 0 Å². The number of hydrogen-bond donors (Lipinski definition) is 0. The second-order valence-corrected chi connectivity index (χ2v) is 5.28. The van der Waals surface area contributed by atoms with Crippen LogP contribution in [-0.2, 0) is 14.3 Å². The molecule has 3 radical (unpaired) electrons. The fourth-order valence-corrected chi connectivity index (χ4v) is 2.03. The number of rotatable bonds is 13. The summed E-state index contributed by atoms with van der Waals surface area (Å²) in [5.41, 5.74) is 0. The molecule has 0 amide bonds. The summed E-state index contributed by atoms with van der Waals surface area (Å²) >= 11 is 0. The van der Waals surface area contributed by atoms with Gasteiger partial charge < -0.3 is 4.74 Å². The van der Waals surface area contributed by atoms with Gasteiger partial charge in [-0.25, -0.2) is 0 Å². The maximum absolute atomic E-state index is 11.1. The Bertz CT molecular complexity index is 242. The summed E-state index contributed by atoms with van der Waals surface area (Å²) < 4.78 is 4.97. The molecule has 0 aromatic rings. The Morgan fingerprint density at radius 2 is 1.25 bits per heavy atom. The minimum atomic E-state index is -0.386. The molecule has 3 nitrogen and oxygen atoms in total. The van der Waals surface area contributed by atoms with Crippen molar-refractivity contribution in [3.63, 3.8) is 0 Å². The van der Waals surface area contributed by atoms with Crippen LogP contribution < -0.4 is 0 Å². The predicted molar refractivity (Wildman–Crippen MR) is 83.9 cm³/mol. The average molecular weight is 297 g/mol. The molecule has 115 valence electrons. The van der Waals surface area contributed by atoms with Crippen molar-refractivity contribution in [2.75, 3.05) is 6.61 Å². The van der Waals surface area contributed by atoms with Gasteiger partial charge in [-0.2, -0.15) is 0 Å². The molecule has 0 unspecified atom stereocenters. The number of unbranched alkanes of at least 4 members (excludes halogenated alkanes) is 9. The lowest BCUT2D eigenvalue weighted by atomic mass is 10.1. The van der Waals surface area contributed by atoms with E-state index < -0.39 is 0 Å². The molecule has 0 N–H and O–H groups in total. The molecule has 0 atom stereocenters. The van der Waals surface area contributed by atoms with Crippen molar-refractivity contribution in [3.8, 4) is 0 Å². The van der Waals surface area contributed by atoms with Crippen molar-refractivity contribution >= 4 is 29.1 Å². The summed E-state index contributed by atoms with van der Waals surface area (Å²) in [6.07, 6.45) is 12.6. The summed E-state index contributed by atoms with van der Waals surface area (Å²) in [5.74, 6) is -0.517. The first-order valence-electron chi connectivity index (χ1n) is 7.82. The Balaban J connectivity index is 0. The lowest BCUT2D eigenvalue weighted by Gasteiger charge is -2.04. The van der Waals surface area contributed by atoms with Crippen LogP contribution in [0.5, 0.6) is 0 Å². The minimum absolute atomic E-state index is 0. The molecule has 0 fully saturated rings. The third-order valence-electron chi connectivity index (χ3n) is 3.15. The molecule has 20 heavy (non-hydrogen) atoms. The van der Waals surface area contributed by atoms with Gasteiger partial charge in [-0.1, -0.05) is 64.7 Å². The van der Waals surface area contributed by atoms with Crippen molar-refractivity contribution < 1.29 is 14.3 Å². The Labute approximate surface area is 135 Å². The van der Waals surface area contributed by atoms with Crippen LogP contribution in [0.15, 0.2) is 0 Å². The first-order chi connectivity index (χ1) is 9.16. The lowest BCUT2D eigenvalue weighted by molar-refractivity contribution is -0.145. The molecule has 0 aromatic heterocycles. The zero-order chi connectivity index (χ0) is 14.3. The van der Waals surface area contributed by atoms with E-state index in [0.29, 0.717) is 6.61 Å². The van der Waals surface area contributed by atoms with Crippen molar-refractivity contribution in [2.24, 2.45) is 0 Å². The highest BCUT2D eigenvalue weighted by molar-refractivity contribution is 5.94. The number of esters is 1. The molecule has 0 aliphatic heterocycles. The van der Waals surface area contributed by atoms with E-state index in [1.54, 1.807) is 0 Å². The third kappa shape index (κ3) is 17.7. The van der Waals surface area contributed by atoms with Crippen molar-refractivity contribution in [3.05, 3.63) is 0 Å². The molecule has 0 aromatic carbocycles.